The second-order valence-electron chi connectivity index (χ2n) is 6.42. The molecule has 4 aromatic rings. The maximum atomic E-state index is 6.09. The molecule has 0 amide bonds. The van der Waals surface area contributed by atoms with Crippen LogP contribution in [0.5, 0.6) is 11.5 Å². The monoisotopic (exact) mass is 369 g/mol. The highest BCUT2D eigenvalue weighted by Crippen LogP contribution is 2.29. The highest BCUT2D eigenvalue weighted by atomic mass is 27.2. The highest BCUT2D eigenvalue weighted by Gasteiger charge is 2.17. The summed E-state index contributed by atoms with van der Waals surface area (Å²) < 4.78 is 14.3. The Morgan fingerprint density at radius 1 is 0.704 bits per heavy atom. The van der Waals surface area contributed by atoms with Crippen molar-refractivity contribution >= 4 is 26.8 Å². The number of hydrogen-bond donors (Lipinski definition) is 0. The van der Waals surface area contributed by atoms with Crippen molar-refractivity contribution in [2.75, 3.05) is 0 Å². The Bertz CT molecular complexity index is 1080. The third kappa shape index (κ3) is 3.69. The lowest BCUT2D eigenvalue weighted by Crippen LogP contribution is -2.33. The van der Waals surface area contributed by atoms with Crippen molar-refractivity contribution in [3.8, 4) is 22.6 Å². The van der Waals surface area contributed by atoms with E-state index < -0.39 is 15.9 Å². The van der Waals surface area contributed by atoms with E-state index in [1.807, 2.05) is 48.5 Å². The van der Waals surface area contributed by atoms with Gasteiger partial charge in [0.2, 0.25) is 0 Å². The van der Waals surface area contributed by atoms with Gasteiger partial charge in [0.1, 0.15) is 7.05 Å². The molecule has 3 nitrogen and oxygen atoms in total. The van der Waals surface area contributed by atoms with Gasteiger partial charge in [-0.3, -0.25) is 0 Å². The van der Waals surface area contributed by atoms with Crippen LogP contribution in [-0.2, 0) is 7.05 Å². The van der Waals surface area contributed by atoms with Gasteiger partial charge in [-0.05, 0) is 29.8 Å². The van der Waals surface area contributed by atoms with Crippen LogP contribution in [0.1, 0.15) is 5.69 Å². The van der Waals surface area contributed by atoms with Crippen molar-refractivity contribution in [3.05, 3.63) is 90.6 Å². The zero-order valence-electron chi connectivity index (χ0n) is 15.4. The summed E-state index contributed by atoms with van der Waals surface area (Å²) in [6.07, 6.45) is 0. The molecule has 4 heteroatoms. The van der Waals surface area contributed by atoms with Gasteiger partial charge >= 0.3 is 15.9 Å². The van der Waals surface area contributed by atoms with Gasteiger partial charge in [0.05, 0.1) is 11.1 Å². The molecule has 27 heavy (non-hydrogen) atoms. The van der Waals surface area contributed by atoms with Crippen molar-refractivity contribution in [2.24, 2.45) is 7.05 Å². The van der Waals surface area contributed by atoms with E-state index in [-0.39, 0.29) is 0 Å². The molecular formula is C23H20AlNO2+. The minimum atomic E-state index is -0.685. The van der Waals surface area contributed by atoms with Gasteiger partial charge in [-0.25, -0.2) is 0 Å². The molecule has 0 atom stereocenters. The van der Waals surface area contributed by atoms with Crippen molar-refractivity contribution in [1.82, 2.24) is 0 Å². The number of aromatic nitrogens is 1. The Labute approximate surface area is 166 Å². The van der Waals surface area contributed by atoms with Crippen LogP contribution in [0.15, 0.2) is 84.9 Å². The van der Waals surface area contributed by atoms with Crippen molar-refractivity contribution in [3.63, 3.8) is 0 Å². The molecule has 0 unspecified atom stereocenters. The van der Waals surface area contributed by atoms with Gasteiger partial charge in [-0.2, -0.15) is 4.57 Å². The largest absolute Gasteiger partial charge is 0.882 e. The number of pyridine rings is 1. The normalized spacial score (nSPS) is 10.6. The first kappa shape index (κ1) is 17.6. The molecule has 1 heterocycles. The van der Waals surface area contributed by atoms with E-state index in [9.17, 15) is 0 Å². The zero-order chi connectivity index (χ0) is 18.6. The Hall–Kier alpha value is -2.80. The molecule has 0 spiro atoms. The summed E-state index contributed by atoms with van der Waals surface area (Å²) in [7, 11) is 2.06. The number of benzene rings is 3. The predicted molar refractivity (Wildman–Crippen MR) is 109 cm³/mol. The summed E-state index contributed by atoms with van der Waals surface area (Å²) in [5.41, 5.74) is 4.49. The van der Waals surface area contributed by atoms with Gasteiger partial charge in [-0.15, -0.1) is 0 Å². The number of para-hydroxylation sites is 2. The maximum absolute atomic E-state index is 6.09. The molecule has 131 valence electrons. The van der Waals surface area contributed by atoms with E-state index in [1.165, 1.54) is 5.69 Å². The van der Waals surface area contributed by atoms with Gasteiger partial charge in [0.25, 0.3) is 5.52 Å². The van der Waals surface area contributed by atoms with Gasteiger partial charge in [-0.1, -0.05) is 54.6 Å². The number of nitrogens with zero attached hydrogens (tertiary/aromatic N) is 1. The highest BCUT2D eigenvalue weighted by molar-refractivity contribution is 6.21. The third-order valence-electron chi connectivity index (χ3n) is 4.72. The zero-order valence-corrected chi connectivity index (χ0v) is 16.6. The lowest BCUT2D eigenvalue weighted by Gasteiger charge is -2.13. The first-order chi connectivity index (χ1) is 13.2. The molecule has 0 aliphatic carbocycles. The van der Waals surface area contributed by atoms with E-state index in [0.717, 1.165) is 33.5 Å². The van der Waals surface area contributed by atoms with Crippen molar-refractivity contribution < 1.29 is 12.1 Å². The molecule has 3 aromatic carbocycles. The smallest absolute Gasteiger partial charge is 0.615 e. The second-order valence-corrected chi connectivity index (χ2v) is 7.09. The lowest BCUT2D eigenvalue weighted by molar-refractivity contribution is -0.651. The first-order valence-electron chi connectivity index (χ1n) is 8.92. The molecule has 0 saturated carbocycles. The average molecular weight is 369 g/mol. The Balaban J connectivity index is 1.57. The fourth-order valence-electron chi connectivity index (χ4n) is 3.18. The van der Waals surface area contributed by atoms with Crippen molar-refractivity contribution in [1.29, 1.82) is 0 Å². The first-order valence-corrected chi connectivity index (χ1v) is 9.86. The molecule has 0 fully saturated rings. The Kier molecular flexibility index (Phi) is 5.11. The molecule has 0 N–H and O–H groups in total. The fraction of sp³-hybridized carbons (Fsp3) is 0.0870. The van der Waals surface area contributed by atoms with E-state index >= 15 is 0 Å². The quantitative estimate of drug-likeness (QED) is 0.378. The topological polar surface area (TPSA) is 22.3 Å². The second kappa shape index (κ2) is 7.84. The molecule has 0 aliphatic heterocycles. The van der Waals surface area contributed by atoms with Crippen LogP contribution >= 0.6 is 0 Å². The number of fused-ring (bicyclic) bond motifs is 1. The van der Waals surface area contributed by atoms with Crippen LogP contribution in [-0.4, -0.2) is 15.9 Å². The summed E-state index contributed by atoms with van der Waals surface area (Å²) in [5.74, 6) is 1.70. The van der Waals surface area contributed by atoms with Crippen LogP contribution in [0.25, 0.3) is 22.0 Å². The number of hydrogen-bond acceptors (Lipinski definition) is 2. The molecular weight excluding hydrogens is 349 g/mol. The van der Waals surface area contributed by atoms with Crippen LogP contribution < -0.4 is 12.1 Å². The van der Waals surface area contributed by atoms with Crippen LogP contribution in [0.2, 0.25) is 0 Å². The standard InChI is InChI=1S/C12H10O.C11H11NO.Al/c13-12-9-5-4-8-11(12)10-6-2-1-3-7-10;1-8-6-7-9-4-3-5-10(13)11(9)12(8)2;/h1-9,13H;3-7H,1-2H3;/q;;+2/p-1. The van der Waals surface area contributed by atoms with Gasteiger partial charge in [0, 0.05) is 18.6 Å². The SMILES string of the molecule is Cc1ccc2cccc([O][Al][O]c3ccccc3-c3ccccc3)c2[n+]1C. The minimum absolute atomic E-state index is 0.685. The molecule has 1 aromatic heterocycles. The summed E-state index contributed by atoms with van der Waals surface area (Å²) in [6, 6.07) is 28.7. The third-order valence-corrected chi connectivity index (χ3v) is 5.42. The summed E-state index contributed by atoms with van der Waals surface area (Å²) in [6.45, 7) is 2.09. The van der Waals surface area contributed by atoms with Gasteiger partial charge < -0.3 is 7.58 Å². The van der Waals surface area contributed by atoms with E-state index in [0.29, 0.717) is 0 Å². The van der Waals surface area contributed by atoms with Gasteiger partial charge in [0.15, 0.2) is 11.4 Å². The summed E-state index contributed by atoms with van der Waals surface area (Å²) in [4.78, 5) is 0. The van der Waals surface area contributed by atoms with E-state index in [1.54, 1.807) is 0 Å². The maximum Gasteiger partial charge on any atom is 0.882 e. The molecule has 4 rings (SSSR count). The Morgan fingerprint density at radius 3 is 2.26 bits per heavy atom. The number of rotatable bonds is 5. The molecule has 0 aliphatic rings. The van der Waals surface area contributed by atoms with E-state index in [4.69, 9.17) is 7.58 Å². The van der Waals surface area contributed by atoms with Crippen molar-refractivity contribution in [2.45, 2.75) is 6.92 Å². The van der Waals surface area contributed by atoms with Crippen LogP contribution in [0.3, 0.4) is 0 Å². The van der Waals surface area contributed by atoms with E-state index in [2.05, 4.69) is 54.9 Å². The van der Waals surface area contributed by atoms with Crippen LogP contribution in [0, 0.1) is 6.92 Å². The summed E-state index contributed by atoms with van der Waals surface area (Å²) in [5, 5.41) is 1.16. The Morgan fingerprint density at radius 2 is 1.41 bits per heavy atom. The minimum Gasteiger partial charge on any atom is -0.615 e. The number of aryl methyl sites for hydroxylation is 2. The molecule has 1 radical (unpaired) electrons. The molecule has 0 saturated heterocycles. The lowest BCUT2D eigenvalue weighted by atomic mass is 10.1. The predicted octanol–water partition coefficient (Wildman–Crippen LogP) is 4.63. The van der Waals surface area contributed by atoms with Crippen LogP contribution in [0.4, 0.5) is 0 Å². The average Bonchev–Trinajstić information content (AvgIpc) is 2.72. The summed E-state index contributed by atoms with van der Waals surface area (Å²) >= 11 is -0.685. The fourth-order valence-corrected chi connectivity index (χ4v) is 3.83. The molecule has 0 bridgehead atoms.